The molecule has 7 nitrogen and oxygen atoms in total. The van der Waals surface area contributed by atoms with Crippen molar-refractivity contribution in [2.24, 2.45) is 5.41 Å². The minimum Gasteiger partial charge on any atom is -0.508 e. The number of aliphatic carboxylic acids is 1. The van der Waals surface area contributed by atoms with Crippen molar-refractivity contribution < 1.29 is 29.3 Å². The Hall–Kier alpha value is -2.88. The van der Waals surface area contributed by atoms with Crippen LogP contribution in [0.15, 0.2) is 60.7 Å². The normalized spacial score (nSPS) is 12.4. The number of amides is 2. The number of benzene rings is 2. The Balaban J connectivity index is 2.32. The van der Waals surface area contributed by atoms with Crippen molar-refractivity contribution in [3.63, 3.8) is 0 Å². The van der Waals surface area contributed by atoms with E-state index in [0.717, 1.165) is 9.65 Å². The van der Waals surface area contributed by atoms with Crippen LogP contribution in [0.2, 0.25) is 0 Å². The Kier molecular flexibility index (Phi) is 7.38. The van der Waals surface area contributed by atoms with Gasteiger partial charge in [-0.05, 0) is 52.9 Å². The molecule has 0 spiro atoms. The van der Waals surface area contributed by atoms with E-state index in [9.17, 15) is 19.5 Å². The van der Waals surface area contributed by atoms with Gasteiger partial charge in [-0.3, -0.25) is 10.1 Å². The van der Waals surface area contributed by atoms with Crippen LogP contribution in [-0.2, 0) is 9.53 Å². The number of nitrogens with one attached hydrogen (secondary N) is 1. The van der Waals surface area contributed by atoms with Crippen LogP contribution in [0.5, 0.6) is 5.75 Å². The van der Waals surface area contributed by atoms with Gasteiger partial charge < -0.3 is 14.9 Å². The van der Waals surface area contributed by atoms with Gasteiger partial charge in [0.05, 0.1) is 0 Å². The molecule has 2 rings (SSSR count). The first-order valence-corrected chi connectivity index (χ1v) is 9.65. The van der Waals surface area contributed by atoms with Crippen LogP contribution in [0.3, 0.4) is 0 Å². The molecule has 0 aliphatic heterocycles. The average Bonchev–Trinajstić information content (AvgIpc) is 2.67. The van der Waals surface area contributed by atoms with Gasteiger partial charge in [0.15, 0.2) is 0 Å². The molecule has 0 unspecified atom stereocenters. The number of halogens is 1. The molecule has 2 aromatic carbocycles. The van der Waals surface area contributed by atoms with Crippen molar-refractivity contribution in [2.75, 3.05) is 0 Å². The monoisotopic (exact) mass is 509 g/mol. The summed E-state index contributed by atoms with van der Waals surface area (Å²) in [5, 5.41) is 21.4. The van der Waals surface area contributed by atoms with E-state index in [-0.39, 0.29) is 11.3 Å². The number of carbonyl (C=O) groups is 3. The zero-order chi connectivity index (χ0) is 21.6. The van der Waals surface area contributed by atoms with Gasteiger partial charge in [-0.1, -0.05) is 38.1 Å². The van der Waals surface area contributed by atoms with Gasteiger partial charge in [0.2, 0.25) is 0 Å². The van der Waals surface area contributed by atoms with Gasteiger partial charge in [0.1, 0.15) is 11.9 Å². The molecule has 152 valence electrons. The number of carboxylic acid groups (broad SMARTS) is 1. The summed E-state index contributed by atoms with van der Waals surface area (Å²) in [6, 6.07) is 12.9. The maximum absolute atomic E-state index is 12.4. The zero-order valence-corrected chi connectivity index (χ0v) is 17.9. The van der Waals surface area contributed by atoms with Gasteiger partial charge in [0.25, 0.3) is 5.91 Å². The zero-order valence-electron chi connectivity index (χ0n) is 15.8. The van der Waals surface area contributed by atoms with Gasteiger partial charge in [-0.2, -0.15) is 0 Å². The molecule has 8 heteroatoms. The minimum atomic E-state index is -1.16. The molecule has 0 aliphatic carbocycles. The molecule has 0 aromatic heterocycles. The van der Waals surface area contributed by atoms with Crippen molar-refractivity contribution in [1.29, 1.82) is 0 Å². The highest BCUT2D eigenvalue weighted by Gasteiger charge is 2.35. The molecule has 0 saturated heterocycles. The van der Waals surface area contributed by atoms with E-state index >= 15 is 0 Å². The van der Waals surface area contributed by atoms with Crippen LogP contribution in [0.1, 0.15) is 35.9 Å². The number of hydrogen-bond donors (Lipinski definition) is 3. The highest BCUT2D eigenvalue weighted by molar-refractivity contribution is 14.1. The standard InChI is InChI=1S/C21H20INO6/c1-21(2,11-10-17(25)26)18(15-12-14(22)8-9-16(15)24)29-20(28)23-19(27)13-6-4-3-5-7-13/h3-12,18,24H,1-2H3,(H,25,26)(H,23,27,28)/b11-10+/t18-/m0/s1. The molecule has 0 heterocycles. The van der Waals surface area contributed by atoms with E-state index in [0.29, 0.717) is 5.56 Å². The van der Waals surface area contributed by atoms with Gasteiger partial charge >= 0.3 is 12.1 Å². The molecular weight excluding hydrogens is 489 g/mol. The molecule has 1 atom stereocenters. The van der Waals surface area contributed by atoms with E-state index in [1.165, 1.54) is 12.1 Å². The SMILES string of the molecule is CC(C)(/C=C/C(=O)O)[C@@H](OC(=O)NC(=O)c1ccccc1)c1cc(I)ccc1O. The highest BCUT2D eigenvalue weighted by atomic mass is 127. The summed E-state index contributed by atoms with van der Waals surface area (Å²) < 4.78 is 6.26. The number of aromatic hydroxyl groups is 1. The quantitative estimate of drug-likeness (QED) is 0.396. The predicted molar refractivity (Wildman–Crippen MR) is 115 cm³/mol. The molecular formula is C21H20INO6. The summed E-state index contributed by atoms with van der Waals surface area (Å²) >= 11 is 2.04. The summed E-state index contributed by atoms with van der Waals surface area (Å²) in [7, 11) is 0. The fourth-order valence-corrected chi connectivity index (χ4v) is 3.13. The number of ether oxygens (including phenoxy) is 1. The summed E-state index contributed by atoms with van der Waals surface area (Å²) in [6.07, 6.45) is 0.232. The number of phenols is 1. The number of carboxylic acids is 1. The third-order valence-corrected chi connectivity index (χ3v) is 4.75. The first-order valence-electron chi connectivity index (χ1n) is 8.58. The lowest BCUT2D eigenvalue weighted by Crippen LogP contribution is -2.35. The van der Waals surface area contributed by atoms with Gasteiger partial charge in [0, 0.05) is 26.2 Å². The van der Waals surface area contributed by atoms with E-state index in [1.807, 2.05) is 22.6 Å². The second-order valence-corrected chi connectivity index (χ2v) is 8.05. The van der Waals surface area contributed by atoms with Crippen LogP contribution in [0.25, 0.3) is 0 Å². The number of alkyl carbamates (subject to hydrolysis) is 1. The van der Waals surface area contributed by atoms with E-state index in [2.05, 4.69) is 5.32 Å². The predicted octanol–water partition coefficient (Wildman–Crippen LogP) is 4.27. The Morgan fingerprint density at radius 1 is 1.14 bits per heavy atom. The maximum Gasteiger partial charge on any atom is 0.414 e. The second-order valence-electron chi connectivity index (χ2n) is 6.80. The van der Waals surface area contributed by atoms with Crippen molar-refractivity contribution in [1.82, 2.24) is 5.32 Å². The molecule has 0 saturated carbocycles. The van der Waals surface area contributed by atoms with Crippen molar-refractivity contribution in [3.05, 3.63) is 75.4 Å². The number of phenolic OH excluding ortho intramolecular Hbond substituents is 1. The minimum absolute atomic E-state index is 0.116. The highest BCUT2D eigenvalue weighted by Crippen LogP contribution is 2.42. The summed E-state index contributed by atoms with van der Waals surface area (Å²) in [6.45, 7) is 3.31. The van der Waals surface area contributed by atoms with Crippen LogP contribution >= 0.6 is 22.6 Å². The lowest BCUT2D eigenvalue weighted by molar-refractivity contribution is -0.131. The Morgan fingerprint density at radius 2 is 1.79 bits per heavy atom. The number of hydrogen-bond acceptors (Lipinski definition) is 5. The molecule has 2 aromatic rings. The van der Waals surface area contributed by atoms with Crippen molar-refractivity contribution in [2.45, 2.75) is 20.0 Å². The largest absolute Gasteiger partial charge is 0.508 e. The van der Waals surface area contributed by atoms with Crippen molar-refractivity contribution in [3.8, 4) is 5.75 Å². The van der Waals surface area contributed by atoms with Gasteiger partial charge in [-0.25, -0.2) is 9.59 Å². The second kappa shape index (κ2) is 9.55. The lowest BCUT2D eigenvalue weighted by atomic mass is 9.81. The van der Waals surface area contributed by atoms with E-state index < -0.39 is 29.5 Å². The number of rotatable bonds is 6. The topological polar surface area (TPSA) is 113 Å². The van der Waals surface area contributed by atoms with Crippen molar-refractivity contribution >= 4 is 40.6 Å². The Morgan fingerprint density at radius 3 is 2.41 bits per heavy atom. The summed E-state index contributed by atoms with van der Waals surface area (Å²) in [5.41, 5.74) is -0.435. The molecule has 0 radical (unpaired) electrons. The first kappa shape index (κ1) is 22.4. The lowest BCUT2D eigenvalue weighted by Gasteiger charge is -2.32. The smallest absolute Gasteiger partial charge is 0.414 e. The third kappa shape index (κ3) is 6.31. The Labute approximate surface area is 181 Å². The molecule has 0 aliphatic rings. The van der Waals surface area contributed by atoms with Gasteiger partial charge in [-0.15, -0.1) is 0 Å². The molecule has 0 bridgehead atoms. The fraction of sp³-hybridized carbons (Fsp3) is 0.190. The van der Waals surface area contributed by atoms with Crippen LogP contribution in [0, 0.1) is 8.99 Å². The summed E-state index contributed by atoms with van der Waals surface area (Å²) in [4.78, 5) is 35.6. The molecule has 3 N–H and O–H groups in total. The molecule has 2 amide bonds. The molecule has 0 fully saturated rings. The van der Waals surface area contributed by atoms with E-state index in [4.69, 9.17) is 9.84 Å². The third-order valence-electron chi connectivity index (χ3n) is 4.08. The average molecular weight is 509 g/mol. The number of imide groups is 1. The first-order chi connectivity index (χ1) is 13.6. The van der Waals surface area contributed by atoms with Crippen LogP contribution in [-0.4, -0.2) is 28.2 Å². The van der Waals surface area contributed by atoms with E-state index in [1.54, 1.807) is 56.3 Å². The maximum atomic E-state index is 12.4. The number of carbonyl (C=O) groups excluding carboxylic acids is 2. The summed E-state index contributed by atoms with van der Waals surface area (Å²) in [5.74, 6) is -1.91. The van der Waals surface area contributed by atoms with Crippen LogP contribution < -0.4 is 5.32 Å². The Bertz CT molecular complexity index is 939. The molecule has 29 heavy (non-hydrogen) atoms. The van der Waals surface area contributed by atoms with Crippen LogP contribution in [0.4, 0.5) is 4.79 Å². The fourth-order valence-electron chi connectivity index (χ4n) is 2.62.